The van der Waals surface area contributed by atoms with E-state index in [-0.39, 0.29) is 0 Å². The Hall–Kier alpha value is -2.40. The van der Waals surface area contributed by atoms with Crippen molar-refractivity contribution in [2.75, 3.05) is 13.7 Å². The van der Waals surface area contributed by atoms with Crippen LogP contribution < -0.4 is 15.5 Å². The number of nitrogens with zero attached hydrogens (tertiary/aromatic N) is 1. The summed E-state index contributed by atoms with van der Waals surface area (Å²) in [6, 6.07) is 12.0. The van der Waals surface area contributed by atoms with Gasteiger partial charge in [0.1, 0.15) is 5.75 Å². The number of ether oxygens (including phenoxy) is 1. The maximum absolute atomic E-state index is 5.41. The molecule has 2 aromatic carbocycles. The lowest BCUT2D eigenvalue weighted by Gasteiger charge is -2.09. The highest BCUT2D eigenvalue weighted by atomic mass is 32.1. The highest BCUT2D eigenvalue weighted by molar-refractivity contribution is 7.80. The first-order chi connectivity index (χ1) is 10.6. The second-order valence-electron chi connectivity index (χ2n) is 4.91. The highest BCUT2D eigenvalue weighted by Crippen LogP contribution is 2.26. The van der Waals surface area contributed by atoms with Gasteiger partial charge in [-0.25, -0.2) is 0 Å². The number of hydrogen-bond acceptors (Lipinski definition) is 3. The van der Waals surface area contributed by atoms with E-state index in [1.807, 2.05) is 37.3 Å². The van der Waals surface area contributed by atoms with Crippen LogP contribution in [0, 0.1) is 0 Å². The molecule has 0 aliphatic heterocycles. The van der Waals surface area contributed by atoms with Crippen molar-refractivity contribution in [3.8, 4) is 5.75 Å². The lowest BCUT2D eigenvalue weighted by Crippen LogP contribution is -2.32. The van der Waals surface area contributed by atoms with Gasteiger partial charge in [-0.3, -0.25) is 5.43 Å². The quantitative estimate of drug-likeness (QED) is 0.385. The fraction of sp³-hybridized carbons (Fsp3) is 0.176. The first-order valence-corrected chi connectivity index (χ1v) is 7.29. The maximum Gasteiger partial charge on any atom is 0.187 e. The second-order valence-corrected chi connectivity index (χ2v) is 5.32. The summed E-state index contributed by atoms with van der Waals surface area (Å²) >= 11 is 5.14. The van der Waals surface area contributed by atoms with E-state index in [2.05, 4.69) is 28.5 Å². The molecule has 0 aliphatic carbocycles. The molecule has 0 bridgehead atoms. The van der Waals surface area contributed by atoms with E-state index in [1.165, 1.54) is 0 Å². The van der Waals surface area contributed by atoms with Crippen molar-refractivity contribution in [3.63, 3.8) is 0 Å². The average molecular weight is 313 g/mol. The largest absolute Gasteiger partial charge is 0.496 e. The van der Waals surface area contributed by atoms with Gasteiger partial charge in [0.2, 0.25) is 0 Å². The number of fused-ring (bicyclic) bond motifs is 1. The molecule has 0 radical (unpaired) electrons. The Labute approximate surface area is 135 Å². The van der Waals surface area contributed by atoms with Gasteiger partial charge in [-0.2, -0.15) is 5.10 Å². The monoisotopic (exact) mass is 313 g/mol. The van der Waals surface area contributed by atoms with Crippen LogP contribution in [-0.2, 0) is 0 Å². The van der Waals surface area contributed by atoms with Gasteiger partial charge in [-0.15, -0.1) is 0 Å². The Morgan fingerprint density at radius 2 is 2.09 bits per heavy atom. The van der Waals surface area contributed by atoms with E-state index in [1.54, 1.807) is 13.3 Å². The molecule has 0 saturated heterocycles. The van der Waals surface area contributed by atoms with Crippen molar-refractivity contribution in [1.29, 1.82) is 0 Å². The lowest BCUT2D eigenvalue weighted by molar-refractivity contribution is 0.415. The Kier molecular flexibility index (Phi) is 5.49. The molecule has 4 nitrogen and oxygen atoms in total. The van der Waals surface area contributed by atoms with Crippen molar-refractivity contribution < 1.29 is 4.74 Å². The van der Waals surface area contributed by atoms with Crippen molar-refractivity contribution in [2.24, 2.45) is 5.10 Å². The van der Waals surface area contributed by atoms with Gasteiger partial charge in [0.15, 0.2) is 5.11 Å². The number of benzene rings is 2. The van der Waals surface area contributed by atoms with Crippen LogP contribution in [0.5, 0.6) is 5.75 Å². The van der Waals surface area contributed by atoms with Gasteiger partial charge in [-0.1, -0.05) is 42.5 Å². The van der Waals surface area contributed by atoms with Crippen LogP contribution in [0.1, 0.15) is 12.5 Å². The normalized spacial score (nSPS) is 10.6. The molecule has 5 heteroatoms. The van der Waals surface area contributed by atoms with Crippen LogP contribution in [0.15, 0.2) is 53.7 Å². The number of hydrazone groups is 1. The van der Waals surface area contributed by atoms with Gasteiger partial charge >= 0.3 is 0 Å². The van der Waals surface area contributed by atoms with E-state index >= 15 is 0 Å². The SMILES string of the molecule is C=C(C)CNC(=S)NN=Cc1c(OC)ccc2ccccc12. The Balaban J connectivity index is 2.17. The molecule has 0 atom stereocenters. The zero-order valence-electron chi connectivity index (χ0n) is 12.7. The van der Waals surface area contributed by atoms with Crippen molar-refractivity contribution in [3.05, 3.63) is 54.1 Å². The molecule has 0 saturated carbocycles. The first kappa shape index (κ1) is 16.0. The molecule has 0 spiro atoms. The van der Waals surface area contributed by atoms with Crippen molar-refractivity contribution in [1.82, 2.24) is 10.7 Å². The minimum absolute atomic E-state index is 0.457. The Morgan fingerprint density at radius 3 is 2.82 bits per heavy atom. The highest BCUT2D eigenvalue weighted by Gasteiger charge is 2.05. The first-order valence-electron chi connectivity index (χ1n) is 6.89. The minimum atomic E-state index is 0.457. The van der Waals surface area contributed by atoms with Crippen LogP contribution in [-0.4, -0.2) is 25.0 Å². The van der Waals surface area contributed by atoms with Crippen molar-refractivity contribution in [2.45, 2.75) is 6.92 Å². The molecule has 0 heterocycles. The predicted octanol–water partition coefficient (Wildman–Crippen LogP) is 3.22. The summed E-state index contributed by atoms with van der Waals surface area (Å²) in [5.41, 5.74) is 4.71. The summed E-state index contributed by atoms with van der Waals surface area (Å²) in [7, 11) is 1.65. The van der Waals surface area contributed by atoms with Crippen molar-refractivity contribution >= 4 is 34.3 Å². The van der Waals surface area contributed by atoms with E-state index in [0.29, 0.717) is 11.7 Å². The average Bonchev–Trinajstić information content (AvgIpc) is 2.53. The molecule has 0 unspecified atom stereocenters. The van der Waals surface area contributed by atoms with Gasteiger partial charge in [0.05, 0.1) is 13.3 Å². The summed E-state index contributed by atoms with van der Waals surface area (Å²) in [5.74, 6) is 0.769. The van der Waals surface area contributed by atoms with Crippen LogP contribution in [0.2, 0.25) is 0 Å². The summed E-state index contributed by atoms with van der Waals surface area (Å²) in [4.78, 5) is 0. The second kappa shape index (κ2) is 7.56. The zero-order chi connectivity index (χ0) is 15.9. The van der Waals surface area contributed by atoms with Gasteiger partial charge in [0.25, 0.3) is 0 Å². The van der Waals surface area contributed by atoms with Gasteiger partial charge in [0, 0.05) is 12.1 Å². The number of hydrogen-bond donors (Lipinski definition) is 2. The van der Waals surface area contributed by atoms with E-state index in [0.717, 1.165) is 27.7 Å². The van der Waals surface area contributed by atoms with Crippen LogP contribution in [0.4, 0.5) is 0 Å². The molecule has 2 aromatic rings. The van der Waals surface area contributed by atoms with Crippen LogP contribution >= 0.6 is 12.2 Å². The van der Waals surface area contributed by atoms with Gasteiger partial charge in [-0.05, 0) is 36.0 Å². The molecule has 0 amide bonds. The van der Waals surface area contributed by atoms with Gasteiger partial charge < -0.3 is 10.1 Å². The minimum Gasteiger partial charge on any atom is -0.496 e. The summed E-state index contributed by atoms with van der Waals surface area (Å²) < 4.78 is 5.41. The third-order valence-electron chi connectivity index (χ3n) is 3.06. The Bertz CT molecular complexity index is 725. The molecule has 0 fully saturated rings. The lowest BCUT2D eigenvalue weighted by atomic mass is 10.0. The molecular weight excluding hydrogens is 294 g/mol. The van der Waals surface area contributed by atoms with Crippen LogP contribution in [0.25, 0.3) is 10.8 Å². The smallest absolute Gasteiger partial charge is 0.187 e. The topological polar surface area (TPSA) is 45.7 Å². The maximum atomic E-state index is 5.41. The van der Waals surface area contributed by atoms with E-state index < -0.39 is 0 Å². The predicted molar refractivity (Wildman–Crippen MR) is 96.6 cm³/mol. The number of rotatable bonds is 5. The summed E-state index contributed by atoms with van der Waals surface area (Å²) in [6.07, 6.45) is 1.72. The number of thiocarbonyl (C=S) groups is 1. The molecule has 0 aliphatic rings. The van der Waals surface area contributed by atoms with E-state index in [4.69, 9.17) is 17.0 Å². The molecule has 0 aromatic heterocycles. The molecule has 22 heavy (non-hydrogen) atoms. The number of nitrogens with one attached hydrogen (secondary N) is 2. The third-order valence-corrected chi connectivity index (χ3v) is 3.30. The zero-order valence-corrected chi connectivity index (χ0v) is 13.5. The summed E-state index contributed by atoms with van der Waals surface area (Å²) in [6.45, 7) is 6.36. The van der Waals surface area contributed by atoms with Crippen LogP contribution in [0.3, 0.4) is 0 Å². The molecule has 2 N–H and O–H groups in total. The molecular formula is C17H19N3OS. The molecule has 114 valence electrons. The molecule has 2 rings (SSSR count). The fourth-order valence-corrected chi connectivity index (χ4v) is 2.14. The summed E-state index contributed by atoms with van der Waals surface area (Å²) in [5, 5.41) is 9.87. The van der Waals surface area contributed by atoms with E-state index in [9.17, 15) is 0 Å². The number of methoxy groups -OCH3 is 1. The third kappa shape index (κ3) is 4.05. The fourth-order valence-electron chi connectivity index (χ4n) is 2.01. The standard InChI is InChI=1S/C17H19N3OS/c1-12(2)10-18-17(22)20-19-11-15-14-7-5-4-6-13(14)8-9-16(15)21-3/h4-9,11H,1,10H2,2-3H3,(H2,18,20,22). The Morgan fingerprint density at radius 1 is 1.32 bits per heavy atom.